The Bertz CT molecular complexity index is 301. The molecule has 0 bridgehead atoms. The van der Waals surface area contributed by atoms with E-state index in [2.05, 4.69) is 22.5 Å². The molecule has 3 nitrogen and oxygen atoms in total. The molecule has 1 rings (SSSR count). The monoisotopic (exact) mass is 209 g/mol. The molecule has 1 heterocycles. The summed E-state index contributed by atoms with van der Waals surface area (Å²) in [4.78, 5) is 4.21. The number of rotatable bonds is 6. The predicted octanol–water partition coefficient (Wildman–Crippen LogP) is 2.69. The molecule has 0 aromatic carbocycles. The zero-order valence-electron chi connectivity index (χ0n) is 8.44. The van der Waals surface area contributed by atoms with Crippen molar-refractivity contribution in [1.29, 1.82) is 5.26 Å². The molecule has 0 unspecified atom stereocenters. The Morgan fingerprint density at radius 3 is 3.14 bits per heavy atom. The van der Waals surface area contributed by atoms with Crippen molar-refractivity contribution in [3.8, 4) is 6.07 Å². The molecule has 1 aromatic rings. The highest BCUT2D eigenvalue weighted by molar-refractivity contribution is 7.99. The van der Waals surface area contributed by atoms with Crippen LogP contribution in [0.1, 0.15) is 26.2 Å². The van der Waals surface area contributed by atoms with Crippen LogP contribution < -0.4 is 0 Å². The average molecular weight is 209 g/mol. The first-order chi connectivity index (χ1) is 6.88. The number of unbranched alkanes of at least 4 members (excludes halogenated alkanes) is 2. The van der Waals surface area contributed by atoms with Gasteiger partial charge in [0, 0.05) is 18.9 Å². The zero-order chi connectivity index (χ0) is 10.2. The van der Waals surface area contributed by atoms with Gasteiger partial charge in [-0.3, -0.25) is 0 Å². The number of imidazole rings is 1. The Morgan fingerprint density at radius 2 is 2.43 bits per heavy atom. The third-order valence-corrected chi connectivity index (χ3v) is 2.82. The summed E-state index contributed by atoms with van der Waals surface area (Å²) in [5.74, 6) is 0.477. The van der Waals surface area contributed by atoms with Crippen LogP contribution in [-0.4, -0.2) is 15.3 Å². The highest BCUT2D eigenvalue weighted by Crippen LogP contribution is 2.15. The second kappa shape index (κ2) is 6.50. The predicted molar refractivity (Wildman–Crippen MR) is 58.1 cm³/mol. The van der Waals surface area contributed by atoms with Crippen LogP contribution in [0.4, 0.5) is 0 Å². The van der Waals surface area contributed by atoms with Crippen molar-refractivity contribution in [2.24, 2.45) is 0 Å². The van der Waals surface area contributed by atoms with E-state index in [1.807, 2.05) is 6.20 Å². The van der Waals surface area contributed by atoms with Crippen LogP contribution >= 0.6 is 11.8 Å². The lowest BCUT2D eigenvalue weighted by Gasteiger charge is -2.04. The van der Waals surface area contributed by atoms with Crippen molar-refractivity contribution in [3.63, 3.8) is 0 Å². The molecule has 0 atom stereocenters. The summed E-state index contributed by atoms with van der Waals surface area (Å²) in [6.07, 6.45) is 7.45. The van der Waals surface area contributed by atoms with Gasteiger partial charge < -0.3 is 4.57 Å². The van der Waals surface area contributed by atoms with Gasteiger partial charge in [-0.05, 0) is 6.42 Å². The molecular formula is C10H15N3S. The number of hydrogen-bond donors (Lipinski definition) is 0. The second-order valence-electron chi connectivity index (χ2n) is 3.06. The smallest absolute Gasteiger partial charge is 0.168 e. The van der Waals surface area contributed by atoms with E-state index in [1.54, 1.807) is 6.20 Å². The summed E-state index contributed by atoms with van der Waals surface area (Å²) in [5, 5.41) is 9.42. The number of nitriles is 1. The van der Waals surface area contributed by atoms with E-state index in [9.17, 15) is 0 Å². The standard InChI is InChI=1S/C10H15N3S/c1-2-3-4-7-13-8-6-12-10(13)14-9-5-11/h6,8H,2-4,7,9H2,1H3. The summed E-state index contributed by atoms with van der Waals surface area (Å²) < 4.78 is 2.12. The van der Waals surface area contributed by atoms with Crippen molar-refractivity contribution < 1.29 is 0 Å². The molecule has 0 fully saturated rings. The Kier molecular flexibility index (Phi) is 5.16. The fraction of sp³-hybridized carbons (Fsp3) is 0.600. The van der Waals surface area contributed by atoms with E-state index in [1.165, 1.54) is 31.0 Å². The van der Waals surface area contributed by atoms with Crippen LogP contribution in [0.15, 0.2) is 17.6 Å². The maximum Gasteiger partial charge on any atom is 0.168 e. The van der Waals surface area contributed by atoms with Crippen LogP contribution in [0.3, 0.4) is 0 Å². The number of aromatic nitrogens is 2. The van der Waals surface area contributed by atoms with Crippen LogP contribution in [-0.2, 0) is 6.54 Å². The first-order valence-electron chi connectivity index (χ1n) is 4.89. The minimum Gasteiger partial charge on any atom is -0.326 e. The van der Waals surface area contributed by atoms with Crippen LogP contribution in [0.5, 0.6) is 0 Å². The Hall–Kier alpha value is -0.950. The lowest BCUT2D eigenvalue weighted by molar-refractivity contribution is 0.566. The van der Waals surface area contributed by atoms with Crippen molar-refractivity contribution >= 4 is 11.8 Å². The normalized spacial score (nSPS) is 10.0. The first-order valence-corrected chi connectivity index (χ1v) is 5.88. The van der Waals surface area contributed by atoms with Gasteiger partial charge in [-0.2, -0.15) is 5.26 Å². The topological polar surface area (TPSA) is 41.6 Å². The van der Waals surface area contributed by atoms with Gasteiger partial charge in [0.15, 0.2) is 5.16 Å². The molecule has 0 amide bonds. The first kappa shape index (κ1) is 11.1. The van der Waals surface area contributed by atoms with E-state index in [-0.39, 0.29) is 0 Å². The fourth-order valence-electron chi connectivity index (χ4n) is 1.23. The number of aryl methyl sites for hydroxylation is 1. The van der Waals surface area contributed by atoms with E-state index in [0.29, 0.717) is 5.75 Å². The van der Waals surface area contributed by atoms with Crippen LogP contribution in [0.2, 0.25) is 0 Å². The Morgan fingerprint density at radius 1 is 1.57 bits per heavy atom. The maximum absolute atomic E-state index is 8.46. The highest BCUT2D eigenvalue weighted by atomic mass is 32.2. The van der Waals surface area contributed by atoms with Crippen LogP contribution in [0.25, 0.3) is 0 Å². The Balaban J connectivity index is 2.42. The number of thioether (sulfide) groups is 1. The van der Waals surface area contributed by atoms with Crippen molar-refractivity contribution in [2.75, 3.05) is 5.75 Å². The largest absolute Gasteiger partial charge is 0.326 e. The van der Waals surface area contributed by atoms with Gasteiger partial charge >= 0.3 is 0 Å². The van der Waals surface area contributed by atoms with Gasteiger partial charge in [-0.1, -0.05) is 31.5 Å². The second-order valence-corrected chi connectivity index (χ2v) is 4.00. The minimum absolute atomic E-state index is 0.477. The zero-order valence-corrected chi connectivity index (χ0v) is 9.26. The molecule has 0 saturated carbocycles. The summed E-state index contributed by atoms with van der Waals surface area (Å²) in [6, 6.07) is 2.11. The third-order valence-electron chi connectivity index (χ3n) is 1.95. The summed E-state index contributed by atoms with van der Waals surface area (Å²) in [7, 11) is 0. The highest BCUT2D eigenvalue weighted by Gasteiger charge is 2.01. The summed E-state index contributed by atoms with van der Waals surface area (Å²) in [6.45, 7) is 3.21. The van der Waals surface area contributed by atoms with E-state index in [4.69, 9.17) is 5.26 Å². The molecule has 14 heavy (non-hydrogen) atoms. The van der Waals surface area contributed by atoms with E-state index < -0.39 is 0 Å². The molecule has 0 radical (unpaired) electrons. The van der Waals surface area contributed by atoms with Gasteiger partial charge in [0.2, 0.25) is 0 Å². The van der Waals surface area contributed by atoms with Gasteiger partial charge in [0.05, 0.1) is 11.8 Å². The molecule has 0 N–H and O–H groups in total. The number of nitrogens with zero attached hydrogens (tertiary/aromatic N) is 3. The fourth-order valence-corrected chi connectivity index (χ4v) is 1.88. The molecular weight excluding hydrogens is 194 g/mol. The van der Waals surface area contributed by atoms with E-state index >= 15 is 0 Å². The number of hydrogen-bond acceptors (Lipinski definition) is 3. The molecule has 0 aliphatic heterocycles. The van der Waals surface area contributed by atoms with Crippen molar-refractivity contribution in [2.45, 2.75) is 37.9 Å². The Labute approximate surface area is 89.1 Å². The molecule has 0 aliphatic rings. The molecule has 76 valence electrons. The third kappa shape index (κ3) is 3.43. The quantitative estimate of drug-likeness (QED) is 0.534. The van der Waals surface area contributed by atoms with Gasteiger partial charge in [-0.25, -0.2) is 4.98 Å². The molecule has 0 saturated heterocycles. The minimum atomic E-state index is 0.477. The maximum atomic E-state index is 8.46. The van der Waals surface area contributed by atoms with Gasteiger partial charge in [-0.15, -0.1) is 0 Å². The SMILES string of the molecule is CCCCCn1ccnc1SCC#N. The van der Waals surface area contributed by atoms with Gasteiger partial charge in [0.25, 0.3) is 0 Å². The summed E-state index contributed by atoms with van der Waals surface area (Å²) >= 11 is 1.50. The molecule has 0 aliphatic carbocycles. The lowest BCUT2D eigenvalue weighted by Crippen LogP contribution is -1.98. The van der Waals surface area contributed by atoms with Crippen LogP contribution in [0, 0.1) is 11.3 Å². The average Bonchev–Trinajstić information content (AvgIpc) is 2.63. The van der Waals surface area contributed by atoms with Gasteiger partial charge in [0.1, 0.15) is 0 Å². The molecule has 4 heteroatoms. The molecule has 0 spiro atoms. The van der Waals surface area contributed by atoms with Crippen molar-refractivity contribution in [1.82, 2.24) is 9.55 Å². The van der Waals surface area contributed by atoms with Crippen molar-refractivity contribution in [3.05, 3.63) is 12.4 Å². The summed E-state index contributed by atoms with van der Waals surface area (Å²) in [5.41, 5.74) is 0. The molecule has 1 aromatic heterocycles. The lowest BCUT2D eigenvalue weighted by atomic mass is 10.2. The van der Waals surface area contributed by atoms with E-state index in [0.717, 1.165) is 11.7 Å².